The van der Waals surface area contributed by atoms with Crippen molar-refractivity contribution in [2.24, 2.45) is 0 Å². The first-order valence-electron chi connectivity index (χ1n) is 8.75. The van der Waals surface area contributed by atoms with Gasteiger partial charge < -0.3 is 14.8 Å². The summed E-state index contributed by atoms with van der Waals surface area (Å²) in [5.74, 6) is -1.80. The molecule has 0 bridgehead atoms. The number of thiophene rings is 1. The molecule has 0 saturated carbocycles. The molecular weight excluding hydrogens is 406 g/mol. The third-order valence-electron chi connectivity index (χ3n) is 3.64. The molecule has 0 aromatic carbocycles. The highest BCUT2D eigenvalue weighted by atomic mass is 35.5. The molecular formula is C18H22ClN3O5S. The first kappa shape index (κ1) is 21.9. The number of hydrogen-bond acceptors (Lipinski definition) is 7. The standard InChI is InChI=1S/C18H22ClN3O5S/c1-6-22-8-11(19)13(21-22)15(23)20-16-12(17(24)27-9(3)4)10(5)14(28-16)18(25)26-7-2/h8-9H,6-7H2,1-5H3,(H,20,23). The summed E-state index contributed by atoms with van der Waals surface area (Å²) in [7, 11) is 0. The van der Waals surface area contributed by atoms with E-state index in [1.807, 2.05) is 6.92 Å². The molecule has 8 nitrogen and oxygen atoms in total. The molecule has 1 N–H and O–H groups in total. The summed E-state index contributed by atoms with van der Waals surface area (Å²) >= 11 is 7.02. The molecule has 1 amide bonds. The van der Waals surface area contributed by atoms with Gasteiger partial charge in [0.05, 0.1) is 23.3 Å². The average molecular weight is 428 g/mol. The van der Waals surface area contributed by atoms with Crippen LogP contribution in [-0.2, 0) is 16.0 Å². The Labute approximate surface area is 171 Å². The Bertz CT molecular complexity index is 903. The van der Waals surface area contributed by atoms with Crippen LogP contribution < -0.4 is 5.32 Å². The normalized spacial score (nSPS) is 10.8. The van der Waals surface area contributed by atoms with E-state index in [4.69, 9.17) is 21.1 Å². The minimum Gasteiger partial charge on any atom is -0.462 e. The third-order valence-corrected chi connectivity index (χ3v) is 5.10. The molecule has 28 heavy (non-hydrogen) atoms. The van der Waals surface area contributed by atoms with Gasteiger partial charge in [0, 0.05) is 12.7 Å². The van der Waals surface area contributed by atoms with Crippen LogP contribution in [-0.4, -0.2) is 40.3 Å². The van der Waals surface area contributed by atoms with Gasteiger partial charge in [-0.1, -0.05) is 11.6 Å². The van der Waals surface area contributed by atoms with Crippen LogP contribution in [0.3, 0.4) is 0 Å². The topological polar surface area (TPSA) is 99.5 Å². The second-order valence-corrected chi connectivity index (χ2v) is 7.50. The Kier molecular flexibility index (Phi) is 7.20. The van der Waals surface area contributed by atoms with Gasteiger partial charge in [-0.05, 0) is 40.2 Å². The number of anilines is 1. The largest absolute Gasteiger partial charge is 0.462 e. The van der Waals surface area contributed by atoms with Crippen LogP contribution in [0.5, 0.6) is 0 Å². The lowest BCUT2D eigenvalue weighted by Crippen LogP contribution is -2.17. The Balaban J connectivity index is 2.44. The molecule has 152 valence electrons. The molecule has 0 atom stereocenters. The van der Waals surface area contributed by atoms with Crippen molar-refractivity contribution < 1.29 is 23.9 Å². The van der Waals surface area contributed by atoms with Crippen LogP contribution in [0.15, 0.2) is 6.20 Å². The summed E-state index contributed by atoms with van der Waals surface area (Å²) in [4.78, 5) is 37.6. The van der Waals surface area contributed by atoms with Crippen molar-refractivity contribution in [3.63, 3.8) is 0 Å². The Morgan fingerprint density at radius 1 is 1.29 bits per heavy atom. The van der Waals surface area contributed by atoms with E-state index in [0.717, 1.165) is 11.3 Å². The van der Waals surface area contributed by atoms with Crippen LogP contribution in [0.1, 0.15) is 63.8 Å². The fourth-order valence-corrected chi connectivity index (χ4v) is 3.71. The summed E-state index contributed by atoms with van der Waals surface area (Å²) in [5.41, 5.74) is 0.520. The maximum absolute atomic E-state index is 12.6. The quantitative estimate of drug-likeness (QED) is 0.672. The predicted molar refractivity (Wildman–Crippen MR) is 106 cm³/mol. The zero-order valence-electron chi connectivity index (χ0n) is 16.3. The fourth-order valence-electron chi connectivity index (χ4n) is 2.39. The number of aromatic nitrogens is 2. The highest BCUT2D eigenvalue weighted by Crippen LogP contribution is 2.35. The highest BCUT2D eigenvalue weighted by Gasteiger charge is 2.29. The second kappa shape index (κ2) is 9.20. The molecule has 0 aliphatic heterocycles. The number of amides is 1. The van der Waals surface area contributed by atoms with E-state index in [9.17, 15) is 14.4 Å². The summed E-state index contributed by atoms with van der Waals surface area (Å²) in [6.45, 7) is 9.30. The number of hydrogen-bond donors (Lipinski definition) is 1. The van der Waals surface area contributed by atoms with Crippen LogP contribution in [0.25, 0.3) is 0 Å². The number of rotatable bonds is 7. The van der Waals surface area contributed by atoms with E-state index in [-0.39, 0.29) is 38.9 Å². The Morgan fingerprint density at radius 3 is 2.50 bits per heavy atom. The van der Waals surface area contributed by atoms with Crippen molar-refractivity contribution in [2.45, 2.75) is 47.3 Å². The van der Waals surface area contributed by atoms with E-state index < -0.39 is 17.8 Å². The zero-order valence-corrected chi connectivity index (χ0v) is 17.9. The molecule has 0 aliphatic carbocycles. The van der Waals surface area contributed by atoms with Gasteiger partial charge in [0.15, 0.2) is 5.69 Å². The molecule has 0 saturated heterocycles. The monoisotopic (exact) mass is 427 g/mol. The molecule has 0 unspecified atom stereocenters. The van der Waals surface area contributed by atoms with Crippen LogP contribution in [0.4, 0.5) is 5.00 Å². The summed E-state index contributed by atoms with van der Waals surface area (Å²) in [6, 6.07) is 0. The lowest BCUT2D eigenvalue weighted by molar-refractivity contribution is 0.0379. The molecule has 0 aliphatic rings. The summed E-state index contributed by atoms with van der Waals surface area (Å²) in [5, 5.41) is 7.10. The number of carbonyl (C=O) groups is 3. The predicted octanol–water partition coefficient (Wildman–Crippen LogP) is 3.92. The number of aryl methyl sites for hydroxylation is 1. The molecule has 2 aromatic rings. The third kappa shape index (κ3) is 4.71. The van der Waals surface area contributed by atoms with Gasteiger partial charge in [-0.3, -0.25) is 9.48 Å². The first-order valence-corrected chi connectivity index (χ1v) is 9.94. The van der Waals surface area contributed by atoms with E-state index in [0.29, 0.717) is 12.1 Å². The maximum atomic E-state index is 12.6. The Morgan fingerprint density at radius 2 is 1.96 bits per heavy atom. The lowest BCUT2D eigenvalue weighted by atomic mass is 10.1. The van der Waals surface area contributed by atoms with Crippen molar-refractivity contribution in [3.05, 3.63) is 32.9 Å². The fraction of sp³-hybridized carbons (Fsp3) is 0.444. The number of esters is 2. The van der Waals surface area contributed by atoms with E-state index in [2.05, 4.69) is 10.4 Å². The minimum atomic E-state index is -0.639. The number of nitrogens with zero attached hydrogens (tertiary/aromatic N) is 2. The van der Waals surface area contributed by atoms with E-state index in [1.165, 1.54) is 10.9 Å². The minimum absolute atomic E-state index is 0.0235. The van der Waals surface area contributed by atoms with Crippen molar-refractivity contribution >= 4 is 45.8 Å². The maximum Gasteiger partial charge on any atom is 0.348 e. The summed E-state index contributed by atoms with van der Waals surface area (Å²) in [6.07, 6.45) is 1.17. The van der Waals surface area contributed by atoms with Gasteiger partial charge in [0.25, 0.3) is 5.91 Å². The van der Waals surface area contributed by atoms with Crippen molar-refractivity contribution in [2.75, 3.05) is 11.9 Å². The zero-order chi connectivity index (χ0) is 21.0. The molecule has 2 aromatic heterocycles. The highest BCUT2D eigenvalue weighted by molar-refractivity contribution is 7.18. The summed E-state index contributed by atoms with van der Waals surface area (Å²) < 4.78 is 11.8. The smallest absolute Gasteiger partial charge is 0.348 e. The van der Waals surface area contributed by atoms with Gasteiger partial charge in [-0.25, -0.2) is 9.59 Å². The molecule has 0 spiro atoms. The molecule has 0 radical (unpaired) electrons. The van der Waals surface area contributed by atoms with Crippen molar-refractivity contribution in [1.29, 1.82) is 0 Å². The van der Waals surface area contributed by atoms with Gasteiger partial charge in [-0.2, -0.15) is 5.10 Å². The molecule has 2 heterocycles. The van der Waals surface area contributed by atoms with Crippen molar-refractivity contribution in [3.8, 4) is 0 Å². The molecule has 2 rings (SSSR count). The van der Waals surface area contributed by atoms with Crippen LogP contribution in [0.2, 0.25) is 5.02 Å². The average Bonchev–Trinajstić information content (AvgIpc) is 3.14. The van der Waals surface area contributed by atoms with E-state index >= 15 is 0 Å². The van der Waals surface area contributed by atoms with Gasteiger partial charge >= 0.3 is 11.9 Å². The van der Waals surface area contributed by atoms with Crippen LogP contribution in [0, 0.1) is 6.92 Å². The van der Waals surface area contributed by atoms with E-state index in [1.54, 1.807) is 27.7 Å². The SMILES string of the molecule is CCOC(=O)c1sc(NC(=O)c2nn(CC)cc2Cl)c(C(=O)OC(C)C)c1C. The van der Waals surface area contributed by atoms with Crippen molar-refractivity contribution in [1.82, 2.24) is 9.78 Å². The molecule has 10 heteroatoms. The van der Waals surface area contributed by atoms with Crippen LogP contribution >= 0.6 is 22.9 Å². The lowest BCUT2D eigenvalue weighted by Gasteiger charge is -2.10. The number of nitrogens with one attached hydrogen (secondary N) is 1. The first-order chi connectivity index (χ1) is 13.2. The Hall–Kier alpha value is -2.39. The molecule has 0 fully saturated rings. The van der Waals surface area contributed by atoms with Gasteiger partial charge in [0.1, 0.15) is 9.88 Å². The van der Waals surface area contributed by atoms with Gasteiger partial charge in [0.2, 0.25) is 0 Å². The number of carbonyl (C=O) groups excluding carboxylic acids is 3. The van der Waals surface area contributed by atoms with Gasteiger partial charge in [-0.15, -0.1) is 11.3 Å². The number of halogens is 1. The second-order valence-electron chi connectivity index (χ2n) is 6.07. The number of ether oxygens (including phenoxy) is 2.